The molecular weight excluding hydrogens is 368 g/mol. The first kappa shape index (κ1) is 15.3. The molecule has 0 aliphatic heterocycles. The van der Waals surface area contributed by atoms with Gasteiger partial charge in [-0.15, -0.1) is 0 Å². The van der Waals surface area contributed by atoms with Crippen LogP contribution < -0.4 is 0 Å². The molecule has 98 valence electrons. The van der Waals surface area contributed by atoms with E-state index in [9.17, 15) is 14.7 Å². The van der Waals surface area contributed by atoms with E-state index in [1.165, 1.54) is 6.07 Å². The van der Waals surface area contributed by atoms with Gasteiger partial charge in [-0.25, -0.2) is 4.79 Å². The van der Waals surface area contributed by atoms with Crippen LogP contribution >= 0.6 is 31.9 Å². The fourth-order valence-corrected chi connectivity index (χ4v) is 2.08. The maximum atomic E-state index is 12.0. The summed E-state index contributed by atoms with van der Waals surface area (Å²) in [5, 5.41) is 19.0. The van der Waals surface area contributed by atoms with Crippen LogP contribution in [0.1, 0.15) is 34.5 Å². The number of aliphatic hydroxyl groups is 1. The van der Waals surface area contributed by atoms with Crippen LogP contribution in [0.25, 0.3) is 0 Å². The molecule has 18 heavy (non-hydrogen) atoms. The van der Waals surface area contributed by atoms with Gasteiger partial charge in [0.1, 0.15) is 0 Å². The Morgan fingerprint density at radius 2 is 2.00 bits per heavy atom. The number of carbonyl (C=O) groups excluding carboxylic acids is 1. The molecule has 0 aromatic heterocycles. The van der Waals surface area contributed by atoms with Crippen LogP contribution in [0.2, 0.25) is 0 Å². The van der Waals surface area contributed by atoms with Crippen molar-refractivity contribution in [1.82, 2.24) is 0 Å². The van der Waals surface area contributed by atoms with Gasteiger partial charge in [-0.2, -0.15) is 0 Å². The largest absolute Gasteiger partial charge is 0.479 e. The SMILES string of the molecule is CC(Br)C(=O)c1cc(CBr)ccc1C(O)C(=O)O. The number of aliphatic carboxylic acids is 1. The summed E-state index contributed by atoms with van der Waals surface area (Å²) >= 11 is 6.42. The number of hydrogen-bond donors (Lipinski definition) is 2. The van der Waals surface area contributed by atoms with Crippen LogP contribution in [0.15, 0.2) is 18.2 Å². The predicted octanol–water partition coefficient (Wildman–Crippen LogP) is 2.67. The van der Waals surface area contributed by atoms with E-state index in [1.807, 2.05) is 0 Å². The quantitative estimate of drug-likeness (QED) is 0.609. The van der Waals surface area contributed by atoms with Crippen molar-refractivity contribution in [3.8, 4) is 0 Å². The van der Waals surface area contributed by atoms with Crippen molar-refractivity contribution < 1.29 is 19.8 Å². The number of halogens is 2. The fourth-order valence-electron chi connectivity index (χ4n) is 1.49. The molecule has 0 bridgehead atoms. The summed E-state index contributed by atoms with van der Waals surface area (Å²) in [4.78, 5) is 22.4. The Balaban J connectivity index is 3.33. The molecule has 2 atom stereocenters. The number of carbonyl (C=O) groups is 2. The van der Waals surface area contributed by atoms with Crippen molar-refractivity contribution in [2.75, 3.05) is 0 Å². The lowest BCUT2D eigenvalue weighted by Gasteiger charge is -2.14. The monoisotopic (exact) mass is 378 g/mol. The molecule has 1 aromatic rings. The normalized spacial score (nSPS) is 14.0. The number of alkyl halides is 2. The number of carboxylic acid groups (broad SMARTS) is 1. The standard InChI is InChI=1S/C12H12Br2O4/c1-6(14)10(15)9-4-7(5-13)2-3-8(9)11(16)12(17)18/h2-4,6,11,16H,5H2,1H3,(H,17,18). The van der Waals surface area contributed by atoms with Gasteiger partial charge in [0.2, 0.25) is 0 Å². The molecule has 2 N–H and O–H groups in total. The highest BCUT2D eigenvalue weighted by molar-refractivity contribution is 9.10. The Hall–Kier alpha value is -0.720. The first-order valence-electron chi connectivity index (χ1n) is 5.16. The summed E-state index contributed by atoms with van der Waals surface area (Å²) in [5.41, 5.74) is 1.18. The second kappa shape index (κ2) is 6.45. The van der Waals surface area contributed by atoms with Crippen molar-refractivity contribution in [2.45, 2.75) is 23.2 Å². The van der Waals surface area contributed by atoms with E-state index in [-0.39, 0.29) is 16.9 Å². The number of hydrogen-bond acceptors (Lipinski definition) is 3. The molecule has 6 heteroatoms. The van der Waals surface area contributed by atoms with Crippen molar-refractivity contribution in [1.29, 1.82) is 0 Å². The molecule has 0 radical (unpaired) electrons. The lowest BCUT2D eigenvalue weighted by molar-refractivity contribution is -0.146. The van der Waals surface area contributed by atoms with Gasteiger partial charge in [-0.1, -0.05) is 44.0 Å². The molecule has 0 amide bonds. The van der Waals surface area contributed by atoms with Crippen LogP contribution in [-0.2, 0) is 10.1 Å². The molecule has 1 rings (SSSR count). The summed E-state index contributed by atoms with van der Waals surface area (Å²) in [7, 11) is 0. The van der Waals surface area contributed by atoms with Crippen molar-refractivity contribution in [3.05, 3.63) is 34.9 Å². The second-order valence-corrected chi connectivity index (χ2v) is 5.71. The summed E-state index contributed by atoms with van der Waals surface area (Å²) < 4.78 is 0. The minimum atomic E-state index is -1.69. The molecule has 4 nitrogen and oxygen atoms in total. The third-order valence-corrected chi connectivity index (χ3v) is 3.49. The summed E-state index contributed by atoms with van der Waals surface area (Å²) in [6, 6.07) is 4.74. The molecule has 1 aromatic carbocycles. The number of carboxylic acids is 1. The molecular formula is C12H12Br2O4. The minimum absolute atomic E-state index is 0.114. The zero-order valence-corrected chi connectivity index (χ0v) is 12.7. The lowest BCUT2D eigenvalue weighted by Crippen LogP contribution is -2.18. The van der Waals surface area contributed by atoms with Crippen LogP contribution in [-0.4, -0.2) is 26.8 Å². The Kier molecular flexibility index (Phi) is 5.49. The summed E-state index contributed by atoms with van der Waals surface area (Å²) in [6.45, 7) is 1.65. The number of Topliss-reactive ketones (excluding diaryl/α,β-unsaturated/α-hetero) is 1. The van der Waals surface area contributed by atoms with Crippen LogP contribution in [0, 0.1) is 0 Å². The van der Waals surface area contributed by atoms with Gasteiger partial charge in [0.05, 0.1) is 4.83 Å². The van der Waals surface area contributed by atoms with E-state index in [1.54, 1.807) is 19.1 Å². The first-order valence-corrected chi connectivity index (χ1v) is 7.20. The Labute approximate surface area is 121 Å². The maximum Gasteiger partial charge on any atom is 0.337 e. The molecule has 0 fully saturated rings. The highest BCUT2D eigenvalue weighted by Gasteiger charge is 2.24. The van der Waals surface area contributed by atoms with Gasteiger partial charge in [-0.05, 0) is 18.6 Å². The van der Waals surface area contributed by atoms with E-state index in [0.29, 0.717) is 5.33 Å². The average Bonchev–Trinajstić information content (AvgIpc) is 2.35. The van der Waals surface area contributed by atoms with E-state index >= 15 is 0 Å². The molecule has 0 aliphatic carbocycles. The highest BCUT2D eigenvalue weighted by Crippen LogP contribution is 2.24. The van der Waals surface area contributed by atoms with Gasteiger partial charge < -0.3 is 10.2 Å². The molecule has 0 spiro atoms. The fraction of sp³-hybridized carbons (Fsp3) is 0.333. The smallest absolute Gasteiger partial charge is 0.337 e. The third kappa shape index (κ3) is 3.40. The van der Waals surface area contributed by atoms with E-state index < -0.39 is 16.9 Å². The van der Waals surface area contributed by atoms with Crippen LogP contribution in [0.5, 0.6) is 0 Å². The third-order valence-electron chi connectivity index (χ3n) is 2.43. The molecule has 0 aliphatic rings. The average molecular weight is 380 g/mol. The Bertz CT molecular complexity index is 471. The maximum absolute atomic E-state index is 12.0. The van der Waals surface area contributed by atoms with Crippen molar-refractivity contribution in [3.63, 3.8) is 0 Å². The Morgan fingerprint density at radius 3 is 2.44 bits per heavy atom. The number of rotatable bonds is 5. The van der Waals surface area contributed by atoms with Gasteiger partial charge in [0.25, 0.3) is 0 Å². The summed E-state index contributed by atoms with van der Waals surface area (Å²) in [5.74, 6) is -1.63. The number of aliphatic hydroxyl groups excluding tert-OH is 1. The molecule has 2 unspecified atom stereocenters. The van der Waals surface area contributed by atoms with Gasteiger partial charge in [0.15, 0.2) is 11.9 Å². The molecule has 0 saturated heterocycles. The second-order valence-electron chi connectivity index (χ2n) is 3.78. The molecule has 0 saturated carbocycles. The van der Waals surface area contributed by atoms with Gasteiger partial charge in [0, 0.05) is 16.5 Å². The van der Waals surface area contributed by atoms with Crippen molar-refractivity contribution in [2.24, 2.45) is 0 Å². The first-order chi connectivity index (χ1) is 8.38. The van der Waals surface area contributed by atoms with Gasteiger partial charge in [-0.3, -0.25) is 4.79 Å². The highest BCUT2D eigenvalue weighted by atomic mass is 79.9. The van der Waals surface area contributed by atoms with Crippen LogP contribution in [0.4, 0.5) is 0 Å². The van der Waals surface area contributed by atoms with E-state index in [0.717, 1.165) is 5.56 Å². The lowest BCUT2D eigenvalue weighted by atomic mass is 9.96. The number of benzene rings is 1. The van der Waals surface area contributed by atoms with Crippen LogP contribution in [0.3, 0.4) is 0 Å². The molecule has 0 heterocycles. The van der Waals surface area contributed by atoms with Crippen molar-refractivity contribution >= 4 is 43.6 Å². The van der Waals surface area contributed by atoms with Gasteiger partial charge >= 0.3 is 5.97 Å². The van der Waals surface area contributed by atoms with E-state index in [2.05, 4.69) is 31.9 Å². The Morgan fingerprint density at radius 1 is 1.39 bits per heavy atom. The zero-order valence-electron chi connectivity index (χ0n) is 9.56. The summed E-state index contributed by atoms with van der Waals surface area (Å²) in [6.07, 6.45) is -1.69. The zero-order chi connectivity index (χ0) is 13.9. The van der Waals surface area contributed by atoms with E-state index in [4.69, 9.17) is 5.11 Å². The topological polar surface area (TPSA) is 74.6 Å². The minimum Gasteiger partial charge on any atom is -0.479 e. The predicted molar refractivity (Wildman–Crippen MR) is 74.4 cm³/mol. The number of ketones is 1.